The summed E-state index contributed by atoms with van der Waals surface area (Å²) in [5.41, 5.74) is 8.77. The number of azide groups is 1. The first-order valence-corrected chi connectivity index (χ1v) is 6.68. The molecule has 3 aliphatic rings. The third-order valence-electron chi connectivity index (χ3n) is 3.63. The summed E-state index contributed by atoms with van der Waals surface area (Å²) in [4.78, 5) is 2.90. The van der Waals surface area contributed by atoms with Gasteiger partial charge in [-0.25, -0.2) is 0 Å². The lowest BCUT2D eigenvalue weighted by molar-refractivity contribution is -0.222. The minimum atomic E-state index is -0.740. The van der Waals surface area contributed by atoms with Gasteiger partial charge in [0.1, 0.15) is 18.3 Å². The highest BCUT2D eigenvalue weighted by Gasteiger charge is 2.57. The Morgan fingerprint density at radius 3 is 2.40 bits per heavy atom. The average molecular weight is 285 g/mol. The highest BCUT2D eigenvalue weighted by Crippen LogP contribution is 2.41. The van der Waals surface area contributed by atoms with E-state index in [4.69, 9.17) is 29.2 Å². The largest absolute Gasteiger partial charge is 0.348 e. The fraction of sp³-hybridized carbons (Fsp3) is 1.00. The Balaban J connectivity index is 1.78. The maximum atomic E-state index is 8.77. The maximum Gasteiger partial charge on any atom is 0.188 e. The lowest BCUT2D eigenvalue weighted by atomic mass is 10.0. The Bertz CT molecular complexity index is 448. The molecule has 3 saturated heterocycles. The number of fused-ring (bicyclic) bond motifs is 1. The number of rotatable bonds is 2. The van der Waals surface area contributed by atoms with Crippen LogP contribution < -0.4 is 0 Å². The molecule has 5 atom stereocenters. The number of hydrogen-bond acceptors (Lipinski definition) is 6. The molecule has 0 N–H and O–H groups in total. The van der Waals surface area contributed by atoms with Crippen molar-refractivity contribution in [3.63, 3.8) is 0 Å². The molecule has 0 bridgehead atoms. The molecule has 8 heteroatoms. The molecule has 0 unspecified atom stereocenters. The average Bonchev–Trinajstić information content (AvgIpc) is 2.91. The van der Waals surface area contributed by atoms with Crippen LogP contribution in [0.3, 0.4) is 0 Å². The second-order valence-electron chi connectivity index (χ2n) is 6.13. The third kappa shape index (κ3) is 2.39. The van der Waals surface area contributed by atoms with Crippen LogP contribution in [0.25, 0.3) is 10.4 Å². The second kappa shape index (κ2) is 4.56. The Hall–Kier alpha value is -0.890. The molecule has 3 heterocycles. The molecule has 8 nitrogen and oxygen atoms in total. The molecule has 0 amide bonds. The minimum Gasteiger partial charge on any atom is -0.348 e. The molecule has 3 aliphatic heterocycles. The SMILES string of the molecule is CC1(C)O[C@@H]2O[C@H]([C@@H]3COC(C)(C)O3)[C@H](N=[N+]=[N-])[C@H]2O1. The van der Waals surface area contributed by atoms with Crippen molar-refractivity contribution in [1.82, 2.24) is 0 Å². The highest BCUT2D eigenvalue weighted by atomic mass is 16.8. The number of nitrogens with zero attached hydrogens (tertiary/aromatic N) is 3. The van der Waals surface area contributed by atoms with Crippen LogP contribution in [0, 0.1) is 0 Å². The van der Waals surface area contributed by atoms with Crippen molar-refractivity contribution in [3.8, 4) is 0 Å². The Labute approximate surface area is 116 Å². The Morgan fingerprint density at radius 1 is 1.05 bits per heavy atom. The van der Waals surface area contributed by atoms with Gasteiger partial charge >= 0.3 is 0 Å². The second-order valence-corrected chi connectivity index (χ2v) is 6.13. The van der Waals surface area contributed by atoms with E-state index in [1.807, 2.05) is 13.8 Å². The first-order chi connectivity index (χ1) is 9.31. The molecule has 112 valence electrons. The van der Waals surface area contributed by atoms with Crippen LogP contribution in [0.4, 0.5) is 0 Å². The summed E-state index contributed by atoms with van der Waals surface area (Å²) in [5.74, 6) is -1.40. The van der Waals surface area contributed by atoms with Crippen LogP contribution in [0.2, 0.25) is 0 Å². The van der Waals surface area contributed by atoms with Gasteiger partial charge in [-0.3, -0.25) is 0 Å². The van der Waals surface area contributed by atoms with Gasteiger partial charge in [0, 0.05) is 4.91 Å². The van der Waals surface area contributed by atoms with E-state index in [1.54, 1.807) is 13.8 Å². The van der Waals surface area contributed by atoms with Crippen LogP contribution in [0.5, 0.6) is 0 Å². The third-order valence-corrected chi connectivity index (χ3v) is 3.63. The zero-order valence-electron chi connectivity index (χ0n) is 12.0. The van der Waals surface area contributed by atoms with E-state index in [0.29, 0.717) is 6.61 Å². The highest BCUT2D eigenvalue weighted by molar-refractivity contribution is 5.01. The summed E-state index contributed by atoms with van der Waals surface area (Å²) in [7, 11) is 0. The molecule has 0 aromatic rings. The summed E-state index contributed by atoms with van der Waals surface area (Å²) < 4.78 is 28.6. The quantitative estimate of drug-likeness (QED) is 0.437. The molecular weight excluding hydrogens is 266 g/mol. The van der Waals surface area contributed by atoms with Gasteiger partial charge in [0.05, 0.1) is 12.6 Å². The fourth-order valence-corrected chi connectivity index (χ4v) is 2.89. The van der Waals surface area contributed by atoms with E-state index in [2.05, 4.69) is 10.0 Å². The van der Waals surface area contributed by atoms with Crippen LogP contribution in [0.1, 0.15) is 27.7 Å². The lowest BCUT2D eigenvalue weighted by Gasteiger charge is -2.26. The van der Waals surface area contributed by atoms with Crippen molar-refractivity contribution in [3.05, 3.63) is 10.4 Å². The number of ether oxygens (including phenoxy) is 5. The summed E-state index contributed by atoms with van der Waals surface area (Å²) in [6.45, 7) is 7.66. The van der Waals surface area contributed by atoms with Crippen LogP contribution in [-0.2, 0) is 23.7 Å². The van der Waals surface area contributed by atoms with Gasteiger partial charge in [-0.05, 0) is 33.2 Å². The predicted octanol–water partition coefficient (Wildman–Crippen LogP) is 1.69. The van der Waals surface area contributed by atoms with E-state index >= 15 is 0 Å². The summed E-state index contributed by atoms with van der Waals surface area (Å²) >= 11 is 0. The smallest absolute Gasteiger partial charge is 0.188 e. The van der Waals surface area contributed by atoms with Crippen molar-refractivity contribution in [2.75, 3.05) is 6.61 Å². The predicted molar refractivity (Wildman–Crippen MR) is 66.5 cm³/mol. The van der Waals surface area contributed by atoms with E-state index in [1.165, 1.54) is 0 Å². The van der Waals surface area contributed by atoms with Crippen LogP contribution in [-0.4, -0.2) is 48.8 Å². The molecule has 0 aliphatic carbocycles. The molecule has 0 radical (unpaired) electrons. The molecule has 3 rings (SSSR count). The van der Waals surface area contributed by atoms with Gasteiger partial charge in [0.15, 0.2) is 17.9 Å². The van der Waals surface area contributed by atoms with Gasteiger partial charge in [-0.2, -0.15) is 0 Å². The first-order valence-electron chi connectivity index (χ1n) is 6.68. The number of hydrogen-bond donors (Lipinski definition) is 0. The summed E-state index contributed by atoms with van der Waals surface area (Å²) in [6, 6.07) is -0.491. The monoisotopic (exact) mass is 285 g/mol. The van der Waals surface area contributed by atoms with E-state index in [-0.39, 0.29) is 6.10 Å². The van der Waals surface area contributed by atoms with Crippen LogP contribution in [0.15, 0.2) is 5.11 Å². The van der Waals surface area contributed by atoms with Gasteiger partial charge in [0.25, 0.3) is 0 Å². The van der Waals surface area contributed by atoms with E-state index in [0.717, 1.165) is 0 Å². The molecule has 3 fully saturated rings. The minimum absolute atomic E-state index is 0.304. The first kappa shape index (κ1) is 14.1. The van der Waals surface area contributed by atoms with Gasteiger partial charge < -0.3 is 23.7 Å². The van der Waals surface area contributed by atoms with E-state index in [9.17, 15) is 0 Å². The van der Waals surface area contributed by atoms with E-state index < -0.39 is 36.1 Å². The van der Waals surface area contributed by atoms with Gasteiger partial charge in [-0.15, -0.1) is 0 Å². The Kier molecular flexibility index (Phi) is 3.20. The van der Waals surface area contributed by atoms with Crippen molar-refractivity contribution in [2.24, 2.45) is 5.11 Å². The van der Waals surface area contributed by atoms with Crippen molar-refractivity contribution in [2.45, 2.75) is 69.9 Å². The summed E-state index contributed by atoms with van der Waals surface area (Å²) in [6.07, 6.45) is -1.70. The zero-order chi connectivity index (χ0) is 14.5. The standard InChI is InChI=1S/C12H19N3O5/c1-11(2)16-5-6(18-11)8-7(14-15-13)9-10(17-8)20-12(3,4)19-9/h6-10H,5H2,1-4H3/t6-,7-,8+,9+,10-/m0/s1. The van der Waals surface area contributed by atoms with Gasteiger partial charge in [-0.1, -0.05) is 5.11 Å². The topological polar surface area (TPSA) is 94.9 Å². The zero-order valence-corrected chi connectivity index (χ0v) is 12.0. The van der Waals surface area contributed by atoms with Gasteiger partial charge in [0.2, 0.25) is 0 Å². The lowest BCUT2D eigenvalue weighted by Crippen LogP contribution is -2.41. The van der Waals surface area contributed by atoms with Crippen LogP contribution >= 0.6 is 0 Å². The molecule has 0 saturated carbocycles. The molecule has 0 spiro atoms. The molecule has 0 aromatic carbocycles. The molecule has 0 aromatic heterocycles. The fourth-order valence-electron chi connectivity index (χ4n) is 2.89. The Morgan fingerprint density at radius 2 is 1.80 bits per heavy atom. The van der Waals surface area contributed by atoms with Crippen molar-refractivity contribution in [1.29, 1.82) is 0 Å². The van der Waals surface area contributed by atoms with Crippen molar-refractivity contribution >= 4 is 0 Å². The molecular formula is C12H19N3O5. The maximum absolute atomic E-state index is 8.77. The summed E-state index contributed by atoms with van der Waals surface area (Å²) in [5, 5.41) is 3.82. The molecule has 20 heavy (non-hydrogen) atoms. The van der Waals surface area contributed by atoms with Crippen molar-refractivity contribution < 1.29 is 23.7 Å². The normalized spacial score (nSPS) is 45.1.